The molecule has 0 radical (unpaired) electrons. The number of ether oxygens (including phenoxy) is 1. The monoisotopic (exact) mass is 418 g/mol. The molecule has 0 saturated carbocycles. The highest BCUT2D eigenvalue weighted by Crippen LogP contribution is 2.26. The van der Waals surface area contributed by atoms with Crippen molar-refractivity contribution in [3.8, 4) is 5.75 Å². The van der Waals surface area contributed by atoms with Gasteiger partial charge in [-0.05, 0) is 34.6 Å². The van der Waals surface area contributed by atoms with Crippen molar-refractivity contribution in [2.24, 2.45) is 0 Å². The zero-order chi connectivity index (χ0) is 21.8. The minimum atomic E-state index is -0.503. The Hall–Kier alpha value is -2.56. The summed E-state index contributed by atoms with van der Waals surface area (Å²) < 4.78 is 5.96. The van der Waals surface area contributed by atoms with E-state index in [2.05, 4.69) is 73.0 Å². The number of piperazine rings is 1. The molecule has 1 atom stereocenters. The Morgan fingerprint density at radius 2 is 1.55 bits per heavy atom. The van der Waals surface area contributed by atoms with E-state index < -0.39 is 6.10 Å². The lowest BCUT2D eigenvalue weighted by Gasteiger charge is -2.37. The molecule has 0 aromatic heterocycles. The molecule has 3 aromatic carbocycles. The molecule has 4 nitrogen and oxygen atoms in total. The summed E-state index contributed by atoms with van der Waals surface area (Å²) in [5.74, 6) is 0.834. The fourth-order valence-corrected chi connectivity index (χ4v) is 4.22. The summed E-state index contributed by atoms with van der Waals surface area (Å²) in [4.78, 5) is 4.76. The predicted octanol–water partition coefficient (Wildman–Crippen LogP) is 4.70. The zero-order valence-corrected chi connectivity index (χ0v) is 18.9. The summed E-state index contributed by atoms with van der Waals surface area (Å²) in [5.41, 5.74) is 2.83. The third kappa shape index (κ3) is 5.38. The largest absolute Gasteiger partial charge is 0.490 e. The maximum absolute atomic E-state index is 10.5. The maximum atomic E-state index is 10.5. The quantitative estimate of drug-likeness (QED) is 0.630. The Morgan fingerprint density at radius 1 is 0.871 bits per heavy atom. The molecule has 3 aromatic rings. The number of rotatable bonds is 6. The Morgan fingerprint density at radius 3 is 2.26 bits per heavy atom. The van der Waals surface area contributed by atoms with Crippen molar-refractivity contribution < 1.29 is 9.84 Å². The van der Waals surface area contributed by atoms with E-state index in [0.717, 1.165) is 42.7 Å². The van der Waals surface area contributed by atoms with Gasteiger partial charge in [0.05, 0.1) is 0 Å². The lowest BCUT2D eigenvalue weighted by atomic mass is 9.87. The van der Waals surface area contributed by atoms with Gasteiger partial charge in [0.25, 0.3) is 0 Å². The SMILES string of the molecule is CC(C)(C)c1ccc(N2CCN(CC(O)COc3cccc4ccccc34)CC2)cc1. The number of fused-ring (bicyclic) bond motifs is 1. The van der Waals surface area contributed by atoms with Gasteiger partial charge in [-0.25, -0.2) is 0 Å². The van der Waals surface area contributed by atoms with Gasteiger partial charge < -0.3 is 14.7 Å². The van der Waals surface area contributed by atoms with Crippen LogP contribution in [-0.4, -0.2) is 55.4 Å². The van der Waals surface area contributed by atoms with Gasteiger partial charge in [0.2, 0.25) is 0 Å². The van der Waals surface area contributed by atoms with Crippen LogP contribution >= 0.6 is 0 Å². The van der Waals surface area contributed by atoms with E-state index in [-0.39, 0.29) is 5.41 Å². The first kappa shape index (κ1) is 21.7. The molecule has 1 fully saturated rings. The molecular formula is C27H34N2O2. The minimum absolute atomic E-state index is 0.182. The molecule has 4 heteroatoms. The molecule has 1 N–H and O–H groups in total. The molecule has 0 spiro atoms. The van der Waals surface area contributed by atoms with Gasteiger partial charge in [0, 0.05) is 43.8 Å². The topological polar surface area (TPSA) is 35.9 Å². The second kappa shape index (κ2) is 9.29. The Kier molecular flexibility index (Phi) is 6.49. The molecule has 0 aliphatic carbocycles. The van der Waals surface area contributed by atoms with Gasteiger partial charge in [-0.1, -0.05) is 69.3 Å². The third-order valence-electron chi connectivity index (χ3n) is 6.12. The highest BCUT2D eigenvalue weighted by Gasteiger charge is 2.21. The average molecular weight is 419 g/mol. The zero-order valence-electron chi connectivity index (χ0n) is 18.9. The van der Waals surface area contributed by atoms with E-state index in [4.69, 9.17) is 4.74 Å². The van der Waals surface area contributed by atoms with Crippen LogP contribution in [0.5, 0.6) is 5.75 Å². The number of hydrogen-bond acceptors (Lipinski definition) is 4. The van der Waals surface area contributed by atoms with Crippen molar-refractivity contribution in [3.63, 3.8) is 0 Å². The molecule has 0 bridgehead atoms. The number of hydrogen-bond donors (Lipinski definition) is 1. The van der Waals surface area contributed by atoms with Crippen molar-refractivity contribution in [2.75, 3.05) is 44.2 Å². The molecule has 164 valence electrons. The van der Waals surface area contributed by atoms with E-state index in [1.165, 1.54) is 11.3 Å². The molecular weight excluding hydrogens is 384 g/mol. The molecule has 1 aliphatic rings. The van der Waals surface area contributed by atoms with E-state index in [1.807, 2.05) is 24.3 Å². The van der Waals surface area contributed by atoms with Crippen molar-refractivity contribution in [1.82, 2.24) is 4.90 Å². The lowest BCUT2D eigenvalue weighted by Crippen LogP contribution is -2.49. The number of aliphatic hydroxyl groups is 1. The van der Waals surface area contributed by atoms with Crippen molar-refractivity contribution in [2.45, 2.75) is 32.3 Å². The number of benzene rings is 3. The average Bonchev–Trinajstić information content (AvgIpc) is 2.78. The van der Waals surface area contributed by atoms with Crippen LogP contribution in [0.1, 0.15) is 26.3 Å². The van der Waals surface area contributed by atoms with E-state index in [0.29, 0.717) is 13.2 Å². The van der Waals surface area contributed by atoms with Gasteiger partial charge in [-0.15, -0.1) is 0 Å². The number of anilines is 1. The van der Waals surface area contributed by atoms with Crippen LogP contribution in [0.3, 0.4) is 0 Å². The second-order valence-corrected chi connectivity index (χ2v) is 9.53. The van der Waals surface area contributed by atoms with Crippen LogP contribution in [0, 0.1) is 0 Å². The van der Waals surface area contributed by atoms with Crippen molar-refractivity contribution in [3.05, 3.63) is 72.3 Å². The first-order valence-corrected chi connectivity index (χ1v) is 11.3. The van der Waals surface area contributed by atoms with E-state index >= 15 is 0 Å². The molecule has 4 rings (SSSR count). The van der Waals surface area contributed by atoms with Gasteiger partial charge in [-0.3, -0.25) is 4.90 Å². The maximum Gasteiger partial charge on any atom is 0.127 e. The summed E-state index contributed by atoms with van der Waals surface area (Å²) in [5, 5.41) is 12.8. The summed E-state index contributed by atoms with van der Waals surface area (Å²) in [7, 11) is 0. The van der Waals surface area contributed by atoms with Gasteiger partial charge in [0.1, 0.15) is 18.5 Å². The first-order valence-electron chi connectivity index (χ1n) is 11.3. The fraction of sp³-hybridized carbons (Fsp3) is 0.407. The van der Waals surface area contributed by atoms with E-state index in [1.54, 1.807) is 0 Å². The van der Waals surface area contributed by atoms with Crippen LogP contribution in [0.25, 0.3) is 10.8 Å². The summed E-state index contributed by atoms with van der Waals surface area (Å²) in [6.07, 6.45) is -0.503. The lowest BCUT2D eigenvalue weighted by molar-refractivity contribution is 0.0668. The van der Waals surface area contributed by atoms with Crippen molar-refractivity contribution >= 4 is 16.5 Å². The standard InChI is InChI=1S/C27H34N2O2/c1-27(2,3)22-11-13-23(14-12-22)29-17-15-28(16-18-29)19-24(30)20-31-26-10-6-8-21-7-4-5-9-25(21)26/h4-14,24,30H,15-20H2,1-3H3. The number of nitrogens with zero attached hydrogens (tertiary/aromatic N) is 2. The molecule has 1 saturated heterocycles. The van der Waals surface area contributed by atoms with Crippen LogP contribution in [0.2, 0.25) is 0 Å². The fourth-order valence-electron chi connectivity index (χ4n) is 4.22. The molecule has 1 aliphatic heterocycles. The Bertz CT molecular complexity index is 981. The summed E-state index contributed by atoms with van der Waals surface area (Å²) in [6, 6.07) is 23.2. The number of aliphatic hydroxyl groups excluding tert-OH is 1. The van der Waals surface area contributed by atoms with Gasteiger partial charge >= 0.3 is 0 Å². The molecule has 0 amide bonds. The predicted molar refractivity (Wildman–Crippen MR) is 129 cm³/mol. The third-order valence-corrected chi connectivity index (χ3v) is 6.12. The van der Waals surface area contributed by atoms with Crippen LogP contribution < -0.4 is 9.64 Å². The Balaban J connectivity index is 1.26. The highest BCUT2D eigenvalue weighted by molar-refractivity contribution is 5.88. The summed E-state index contributed by atoms with van der Waals surface area (Å²) in [6.45, 7) is 11.5. The van der Waals surface area contributed by atoms with Crippen molar-refractivity contribution in [1.29, 1.82) is 0 Å². The molecule has 1 unspecified atom stereocenters. The molecule has 31 heavy (non-hydrogen) atoms. The normalized spacial score (nSPS) is 16.5. The smallest absolute Gasteiger partial charge is 0.127 e. The van der Waals surface area contributed by atoms with Crippen LogP contribution in [0.4, 0.5) is 5.69 Å². The van der Waals surface area contributed by atoms with Gasteiger partial charge in [-0.2, -0.15) is 0 Å². The highest BCUT2D eigenvalue weighted by atomic mass is 16.5. The second-order valence-electron chi connectivity index (χ2n) is 9.53. The Labute approximate surface area is 186 Å². The summed E-state index contributed by atoms with van der Waals surface area (Å²) >= 11 is 0. The first-order chi connectivity index (χ1) is 14.9. The molecule has 1 heterocycles. The van der Waals surface area contributed by atoms with Crippen LogP contribution in [0.15, 0.2) is 66.7 Å². The number of β-amino-alcohol motifs (C(OH)–C–C–N with tert-alkyl or cyclic N) is 1. The van der Waals surface area contributed by atoms with E-state index in [9.17, 15) is 5.11 Å². The van der Waals surface area contributed by atoms with Crippen LogP contribution in [-0.2, 0) is 5.41 Å². The van der Waals surface area contributed by atoms with Gasteiger partial charge in [0.15, 0.2) is 0 Å². The minimum Gasteiger partial charge on any atom is -0.490 e.